The summed E-state index contributed by atoms with van der Waals surface area (Å²) in [6.45, 7) is 0. The van der Waals surface area contributed by atoms with Gasteiger partial charge in [-0.1, -0.05) is 0 Å². The zero-order valence-electron chi connectivity index (χ0n) is 12.0. The first kappa shape index (κ1) is 15.1. The molecule has 0 unspecified atom stereocenters. The standard InChI is InChI=1S/C14H13N5O3/c1-21-10-4-3-7(5-8(10)13(20)22-2)11-9(6-15)12(16)19-14(17)18-11/h3-5H,1-2H3,(H4,16,17,18,19). The lowest BCUT2D eigenvalue weighted by atomic mass is 10.0. The lowest BCUT2D eigenvalue weighted by Crippen LogP contribution is -2.07. The molecule has 8 nitrogen and oxygen atoms in total. The number of benzene rings is 1. The minimum absolute atomic E-state index is 0.0274. The van der Waals surface area contributed by atoms with Crippen LogP contribution in [0.4, 0.5) is 11.8 Å². The molecular weight excluding hydrogens is 286 g/mol. The van der Waals surface area contributed by atoms with Gasteiger partial charge in [0.15, 0.2) is 0 Å². The average Bonchev–Trinajstić information content (AvgIpc) is 2.52. The molecule has 2 aromatic rings. The zero-order chi connectivity index (χ0) is 16.3. The topological polar surface area (TPSA) is 137 Å². The summed E-state index contributed by atoms with van der Waals surface area (Å²) >= 11 is 0. The fourth-order valence-corrected chi connectivity index (χ4v) is 1.94. The number of carbonyl (C=O) groups is 1. The van der Waals surface area contributed by atoms with Gasteiger partial charge in [0.25, 0.3) is 0 Å². The van der Waals surface area contributed by atoms with Gasteiger partial charge < -0.3 is 20.9 Å². The highest BCUT2D eigenvalue weighted by Crippen LogP contribution is 2.30. The fourth-order valence-electron chi connectivity index (χ4n) is 1.94. The number of nitrogen functional groups attached to an aromatic ring is 2. The molecule has 0 saturated carbocycles. The molecule has 112 valence electrons. The van der Waals surface area contributed by atoms with Crippen LogP contribution in [0.3, 0.4) is 0 Å². The summed E-state index contributed by atoms with van der Waals surface area (Å²) in [5.74, 6) is -0.335. The van der Waals surface area contributed by atoms with Gasteiger partial charge in [0.05, 0.1) is 19.9 Å². The van der Waals surface area contributed by atoms with Crippen molar-refractivity contribution in [2.75, 3.05) is 25.7 Å². The first-order valence-electron chi connectivity index (χ1n) is 6.11. The normalized spacial score (nSPS) is 9.86. The first-order chi connectivity index (χ1) is 10.5. The van der Waals surface area contributed by atoms with E-state index in [0.29, 0.717) is 11.3 Å². The molecule has 1 heterocycles. The monoisotopic (exact) mass is 299 g/mol. The van der Waals surface area contributed by atoms with Crippen LogP contribution in [-0.2, 0) is 4.74 Å². The summed E-state index contributed by atoms with van der Waals surface area (Å²) in [6, 6.07) is 6.62. The number of nitrogens with zero attached hydrogens (tertiary/aromatic N) is 3. The second-order valence-electron chi connectivity index (χ2n) is 4.21. The molecule has 0 fully saturated rings. The van der Waals surface area contributed by atoms with Crippen molar-refractivity contribution in [3.05, 3.63) is 29.3 Å². The van der Waals surface area contributed by atoms with E-state index in [9.17, 15) is 10.1 Å². The van der Waals surface area contributed by atoms with Crippen LogP contribution in [0.15, 0.2) is 18.2 Å². The van der Waals surface area contributed by atoms with Gasteiger partial charge in [-0.25, -0.2) is 9.78 Å². The number of anilines is 2. The molecule has 0 amide bonds. The number of aromatic nitrogens is 2. The number of hydrogen-bond acceptors (Lipinski definition) is 8. The minimum atomic E-state index is -0.577. The summed E-state index contributed by atoms with van der Waals surface area (Å²) in [7, 11) is 2.69. The molecule has 8 heteroatoms. The molecule has 0 bridgehead atoms. The Balaban J connectivity index is 2.69. The maximum Gasteiger partial charge on any atom is 0.341 e. The van der Waals surface area contributed by atoms with Gasteiger partial charge in [-0.3, -0.25) is 0 Å². The Morgan fingerprint density at radius 2 is 2.00 bits per heavy atom. The van der Waals surface area contributed by atoms with E-state index in [2.05, 4.69) is 9.97 Å². The fraction of sp³-hybridized carbons (Fsp3) is 0.143. The second-order valence-corrected chi connectivity index (χ2v) is 4.21. The number of rotatable bonds is 3. The number of nitriles is 1. The van der Waals surface area contributed by atoms with Crippen LogP contribution in [0.25, 0.3) is 11.3 Å². The molecule has 1 aromatic carbocycles. The Kier molecular flexibility index (Phi) is 4.08. The molecule has 0 aliphatic rings. The SMILES string of the molecule is COC(=O)c1cc(-c2nc(N)nc(N)c2C#N)ccc1OC. The van der Waals surface area contributed by atoms with Gasteiger partial charge in [0.2, 0.25) is 5.95 Å². The molecule has 0 radical (unpaired) electrons. The lowest BCUT2D eigenvalue weighted by Gasteiger charge is -2.10. The van der Waals surface area contributed by atoms with Gasteiger partial charge in [0.1, 0.15) is 28.8 Å². The number of nitrogens with two attached hydrogens (primary N) is 2. The number of ether oxygens (including phenoxy) is 2. The highest BCUT2D eigenvalue weighted by molar-refractivity contribution is 5.94. The maximum atomic E-state index is 11.8. The van der Waals surface area contributed by atoms with Crippen molar-refractivity contribution in [2.45, 2.75) is 0 Å². The van der Waals surface area contributed by atoms with Crippen molar-refractivity contribution in [2.24, 2.45) is 0 Å². The molecule has 22 heavy (non-hydrogen) atoms. The average molecular weight is 299 g/mol. The Labute approximate surface area is 126 Å². The molecule has 1 aromatic heterocycles. The second kappa shape index (κ2) is 5.97. The van der Waals surface area contributed by atoms with Gasteiger partial charge >= 0.3 is 5.97 Å². The molecule has 0 saturated heterocycles. The molecular formula is C14H13N5O3. The Morgan fingerprint density at radius 1 is 1.27 bits per heavy atom. The van der Waals surface area contributed by atoms with Crippen LogP contribution in [0, 0.1) is 11.3 Å². The minimum Gasteiger partial charge on any atom is -0.496 e. The van der Waals surface area contributed by atoms with Gasteiger partial charge in [-0.05, 0) is 18.2 Å². The van der Waals surface area contributed by atoms with E-state index >= 15 is 0 Å². The predicted molar refractivity (Wildman–Crippen MR) is 78.9 cm³/mol. The summed E-state index contributed by atoms with van der Waals surface area (Å²) < 4.78 is 9.82. The molecule has 0 spiro atoms. The van der Waals surface area contributed by atoms with Crippen molar-refractivity contribution in [3.8, 4) is 23.1 Å². The highest BCUT2D eigenvalue weighted by Gasteiger charge is 2.18. The number of hydrogen-bond donors (Lipinski definition) is 2. The van der Waals surface area contributed by atoms with Crippen LogP contribution < -0.4 is 16.2 Å². The Bertz CT molecular complexity index is 783. The van der Waals surface area contributed by atoms with Crippen molar-refractivity contribution in [1.82, 2.24) is 9.97 Å². The van der Waals surface area contributed by atoms with E-state index in [4.69, 9.17) is 20.9 Å². The quantitative estimate of drug-likeness (QED) is 0.800. The van der Waals surface area contributed by atoms with Gasteiger partial charge in [-0.2, -0.15) is 10.2 Å². The Hall–Kier alpha value is -3.34. The van der Waals surface area contributed by atoms with Crippen molar-refractivity contribution in [1.29, 1.82) is 5.26 Å². The third-order valence-electron chi connectivity index (χ3n) is 2.94. The van der Waals surface area contributed by atoms with Gasteiger partial charge in [-0.15, -0.1) is 0 Å². The maximum absolute atomic E-state index is 11.8. The summed E-state index contributed by atoms with van der Waals surface area (Å²) in [6.07, 6.45) is 0. The van der Waals surface area contributed by atoms with E-state index in [1.807, 2.05) is 6.07 Å². The molecule has 0 atom stereocenters. The van der Waals surface area contributed by atoms with E-state index in [1.54, 1.807) is 12.1 Å². The predicted octanol–water partition coefficient (Wildman–Crippen LogP) is 0.975. The van der Waals surface area contributed by atoms with E-state index in [1.165, 1.54) is 20.3 Å². The lowest BCUT2D eigenvalue weighted by molar-refractivity contribution is 0.0597. The molecule has 0 aliphatic heterocycles. The van der Waals surface area contributed by atoms with E-state index in [0.717, 1.165) is 0 Å². The van der Waals surface area contributed by atoms with Crippen LogP contribution in [0.2, 0.25) is 0 Å². The van der Waals surface area contributed by atoms with E-state index in [-0.39, 0.29) is 28.6 Å². The van der Waals surface area contributed by atoms with Crippen molar-refractivity contribution >= 4 is 17.7 Å². The van der Waals surface area contributed by atoms with Crippen LogP contribution in [0.5, 0.6) is 5.75 Å². The molecule has 4 N–H and O–H groups in total. The highest BCUT2D eigenvalue weighted by atomic mass is 16.5. The van der Waals surface area contributed by atoms with Crippen LogP contribution in [-0.4, -0.2) is 30.2 Å². The largest absolute Gasteiger partial charge is 0.496 e. The first-order valence-corrected chi connectivity index (χ1v) is 6.11. The summed E-state index contributed by atoms with van der Waals surface area (Å²) in [4.78, 5) is 19.6. The number of carbonyl (C=O) groups excluding carboxylic acids is 1. The van der Waals surface area contributed by atoms with E-state index < -0.39 is 5.97 Å². The Morgan fingerprint density at radius 3 is 2.59 bits per heavy atom. The molecule has 2 rings (SSSR count). The van der Waals surface area contributed by atoms with Crippen molar-refractivity contribution in [3.63, 3.8) is 0 Å². The number of methoxy groups -OCH3 is 2. The van der Waals surface area contributed by atoms with Crippen LogP contribution >= 0.6 is 0 Å². The van der Waals surface area contributed by atoms with Crippen LogP contribution in [0.1, 0.15) is 15.9 Å². The van der Waals surface area contributed by atoms with Crippen molar-refractivity contribution < 1.29 is 14.3 Å². The smallest absolute Gasteiger partial charge is 0.341 e. The third kappa shape index (κ3) is 2.60. The summed E-state index contributed by atoms with van der Waals surface area (Å²) in [5, 5.41) is 9.21. The van der Waals surface area contributed by atoms with Gasteiger partial charge in [0, 0.05) is 5.56 Å². The summed E-state index contributed by atoms with van der Waals surface area (Å²) in [5.41, 5.74) is 12.2. The zero-order valence-corrected chi connectivity index (χ0v) is 12.0. The number of esters is 1. The molecule has 0 aliphatic carbocycles. The third-order valence-corrected chi connectivity index (χ3v) is 2.94.